The molecule has 1 N–H and O–H groups in total. The van der Waals surface area contributed by atoms with Crippen molar-refractivity contribution in [3.8, 4) is 0 Å². The molecule has 5 nitrogen and oxygen atoms in total. The maximum Gasteiger partial charge on any atom is 0.232 e. The van der Waals surface area contributed by atoms with Gasteiger partial charge in [-0.1, -0.05) is 33.8 Å². The number of hydrogen-bond donors (Lipinski definition) is 1. The number of ketones is 1. The second-order valence-electron chi connectivity index (χ2n) is 13.5. The van der Waals surface area contributed by atoms with Crippen molar-refractivity contribution in [2.75, 3.05) is 20.6 Å². The van der Waals surface area contributed by atoms with Crippen LogP contribution in [-0.4, -0.2) is 59.4 Å². The molecule has 0 aromatic carbocycles. The number of fused-ring (bicyclic) bond motifs is 5. The van der Waals surface area contributed by atoms with Crippen LogP contribution in [0.3, 0.4) is 0 Å². The summed E-state index contributed by atoms with van der Waals surface area (Å²) < 4.78 is 0. The number of β-lactam (4-membered cyclic amide) rings is 1. The first kappa shape index (κ1) is 24.5. The van der Waals surface area contributed by atoms with E-state index in [0.717, 1.165) is 38.5 Å². The molecule has 0 unspecified atom stereocenters. The SMILES string of the molecule is CC(C)[C@@H]1CN(C2=CC[C@@]3(C)[C@@H](CC[C@@H]4[C@@H]3CC[C@]3(C)[C@@H]([C@H](C)N(C)C)[C@@H](O)C[C@@H]43)C2=O)C1=O. The average Bonchev–Trinajstić information content (AvgIpc) is 3.03. The zero-order valence-corrected chi connectivity index (χ0v) is 22.4. The number of hydrogen-bond acceptors (Lipinski definition) is 4. The Morgan fingerprint density at radius 1 is 1.06 bits per heavy atom. The van der Waals surface area contributed by atoms with Gasteiger partial charge in [0.15, 0.2) is 5.78 Å². The molecule has 0 aromatic rings. The Morgan fingerprint density at radius 3 is 2.38 bits per heavy atom. The first-order valence-electron chi connectivity index (χ1n) is 13.8. The molecular weight excluding hydrogens is 424 g/mol. The number of nitrogens with zero attached hydrogens (tertiary/aromatic N) is 2. The van der Waals surface area contributed by atoms with E-state index in [1.54, 1.807) is 4.90 Å². The summed E-state index contributed by atoms with van der Waals surface area (Å²) in [7, 11) is 4.27. The van der Waals surface area contributed by atoms with Crippen LogP contribution in [0, 0.1) is 52.3 Å². The minimum atomic E-state index is -0.234. The van der Waals surface area contributed by atoms with Gasteiger partial charge in [0.05, 0.1) is 17.7 Å². The highest BCUT2D eigenvalue weighted by Crippen LogP contribution is 2.67. The van der Waals surface area contributed by atoms with E-state index in [0.29, 0.717) is 47.9 Å². The van der Waals surface area contributed by atoms with Crippen molar-refractivity contribution in [2.24, 2.45) is 52.3 Å². The largest absolute Gasteiger partial charge is 0.393 e. The van der Waals surface area contributed by atoms with E-state index in [9.17, 15) is 14.7 Å². The van der Waals surface area contributed by atoms with Crippen molar-refractivity contribution in [1.82, 2.24) is 9.80 Å². The predicted octanol–water partition coefficient (Wildman–Crippen LogP) is 4.35. The molecule has 4 aliphatic carbocycles. The number of allylic oxidation sites excluding steroid dienone is 2. The van der Waals surface area contributed by atoms with Gasteiger partial charge in [0.1, 0.15) is 0 Å². The first-order chi connectivity index (χ1) is 15.9. The summed E-state index contributed by atoms with van der Waals surface area (Å²) in [6, 6.07) is 0.360. The fourth-order valence-corrected chi connectivity index (χ4v) is 9.43. The summed E-state index contributed by atoms with van der Waals surface area (Å²) in [6.45, 7) is 12.0. The molecule has 5 heteroatoms. The van der Waals surface area contributed by atoms with Gasteiger partial charge in [0.25, 0.3) is 0 Å². The second kappa shape index (κ2) is 8.16. The summed E-state index contributed by atoms with van der Waals surface area (Å²) in [5, 5.41) is 11.2. The van der Waals surface area contributed by atoms with E-state index < -0.39 is 0 Å². The number of amides is 1. The molecule has 1 saturated heterocycles. The van der Waals surface area contributed by atoms with E-state index in [-0.39, 0.29) is 40.5 Å². The highest BCUT2D eigenvalue weighted by atomic mass is 16.3. The minimum absolute atomic E-state index is 0.0214. The lowest BCUT2D eigenvalue weighted by atomic mass is 9.45. The Balaban J connectivity index is 1.39. The number of carbonyl (C=O) groups is 2. The molecule has 4 fully saturated rings. The molecule has 1 amide bonds. The second-order valence-corrected chi connectivity index (χ2v) is 13.5. The molecule has 5 aliphatic rings. The van der Waals surface area contributed by atoms with Crippen molar-refractivity contribution >= 4 is 11.7 Å². The van der Waals surface area contributed by atoms with Crippen LogP contribution in [0.1, 0.15) is 73.1 Å². The van der Waals surface area contributed by atoms with Crippen LogP contribution >= 0.6 is 0 Å². The highest BCUT2D eigenvalue weighted by Gasteiger charge is 2.64. The van der Waals surface area contributed by atoms with Gasteiger partial charge in [-0.05, 0) is 94.0 Å². The van der Waals surface area contributed by atoms with Crippen LogP contribution in [-0.2, 0) is 9.59 Å². The van der Waals surface area contributed by atoms with Gasteiger partial charge >= 0.3 is 0 Å². The summed E-state index contributed by atoms with van der Waals surface area (Å²) in [4.78, 5) is 30.5. The third kappa shape index (κ3) is 3.25. The fourth-order valence-electron chi connectivity index (χ4n) is 9.43. The number of rotatable bonds is 4. The Morgan fingerprint density at radius 2 is 1.76 bits per heavy atom. The van der Waals surface area contributed by atoms with E-state index in [2.05, 4.69) is 59.7 Å². The summed E-state index contributed by atoms with van der Waals surface area (Å²) in [6.07, 6.45) is 8.01. The summed E-state index contributed by atoms with van der Waals surface area (Å²) in [5.74, 6) is 2.77. The van der Waals surface area contributed by atoms with Gasteiger partial charge in [-0.2, -0.15) is 0 Å². The number of aliphatic hydroxyl groups excluding tert-OH is 1. The van der Waals surface area contributed by atoms with Gasteiger partial charge in [-0.15, -0.1) is 0 Å². The number of likely N-dealkylation sites (tertiary alicyclic amines) is 1. The van der Waals surface area contributed by atoms with E-state index in [1.165, 1.54) is 0 Å². The number of aliphatic hydroxyl groups is 1. The van der Waals surface area contributed by atoms with Crippen molar-refractivity contribution < 1.29 is 14.7 Å². The van der Waals surface area contributed by atoms with Crippen molar-refractivity contribution in [3.05, 3.63) is 11.8 Å². The molecule has 0 bridgehead atoms. The summed E-state index contributed by atoms with van der Waals surface area (Å²) >= 11 is 0. The van der Waals surface area contributed by atoms with Gasteiger partial charge in [0, 0.05) is 24.4 Å². The fraction of sp³-hybridized carbons (Fsp3) is 0.862. The smallest absolute Gasteiger partial charge is 0.232 e. The number of carbonyl (C=O) groups excluding carboxylic acids is 2. The van der Waals surface area contributed by atoms with Crippen molar-refractivity contribution in [1.29, 1.82) is 0 Å². The molecule has 34 heavy (non-hydrogen) atoms. The third-order valence-corrected chi connectivity index (χ3v) is 11.7. The predicted molar refractivity (Wildman–Crippen MR) is 134 cm³/mol. The van der Waals surface area contributed by atoms with Gasteiger partial charge in [-0.25, -0.2) is 0 Å². The molecule has 3 saturated carbocycles. The normalized spacial score (nSPS) is 47.2. The Bertz CT molecular complexity index is 896. The van der Waals surface area contributed by atoms with Crippen LogP contribution in [0.2, 0.25) is 0 Å². The zero-order chi connectivity index (χ0) is 24.7. The lowest BCUT2D eigenvalue weighted by molar-refractivity contribution is -0.154. The Labute approximate surface area is 206 Å². The standard InChI is InChI=1S/C29H46N2O3/c1-16(2)19-15-31(27(19)34)23-11-13-28(4)20-10-12-29(5)22(18(20)8-9-21(28)26(23)33)14-24(32)25(29)17(3)30(6)7/h11,16-22,24-25,32H,8-10,12-15H2,1-7H3/t17-,18+,19-,20-,21-,22-,24-,25-,28+,29-/m0/s1. The van der Waals surface area contributed by atoms with Crippen LogP contribution in [0.25, 0.3) is 0 Å². The quantitative estimate of drug-likeness (QED) is 0.621. The van der Waals surface area contributed by atoms with Crippen molar-refractivity contribution in [2.45, 2.75) is 85.3 Å². The average molecular weight is 471 g/mol. The Kier molecular flexibility index (Phi) is 5.88. The summed E-state index contributed by atoms with van der Waals surface area (Å²) in [5.41, 5.74) is 0.842. The molecule has 0 aromatic heterocycles. The molecule has 190 valence electrons. The molecule has 5 rings (SSSR count). The maximum atomic E-state index is 13.7. The third-order valence-electron chi connectivity index (χ3n) is 11.7. The lowest BCUT2D eigenvalue weighted by Gasteiger charge is -2.60. The van der Waals surface area contributed by atoms with Gasteiger partial charge in [0.2, 0.25) is 5.91 Å². The Hall–Kier alpha value is -1.20. The van der Waals surface area contributed by atoms with Gasteiger partial charge < -0.3 is 14.9 Å². The monoisotopic (exact) mass is 470 g/mol. The van der Waals surface area contributed by atoms with Gasteiger partial charge in [-0.3, -0.25) is 9.59 Å². The lowest BCUT2D eigenvalue weighted by Crippen LogP contribution is -2.59. The van der Waals surface area contributed by atoms with E-state index >= 15 is 0 Å². The topological polar surface area (TPSA) is 60.9 Å². The highest BCUT2D eigenvalue weighted by molar-refractivity contribution is 6.03. The zero-order valence-electron chi connectivity index (χ0n) is 22.4. The van der Waals surface area contributed by atoms with Crippen LogP contribution < -0.4 is 0 Å². The number of Topliss-reactive ketones (excluding diaryl/α,β-unsaturated/α-hetero) is 1. The molecule has 0 spiro atoms. The van der Waals surface area contributed by atoms with E-state index in [4.69, 9.17) is 0 Å². The minimum Gasteiger partial charge on any atom is -0.393 e. The first-order valence-corrected chi connectivity index (χ1v) is 13.8. The molecular formula is C29H46N2O3. The molecule has 1 heterocycles. The van der Waals surface area contributed by atoms with Crippen LogP contribution in [0.4, 0.5) is 0 Å². The molecule has 10 atom stereocenters. The van der Waals surface area contributed by atoms with Crippen LogP contribution in [0.15, 0.2) is 11.8 Å². The van der Waals surface area contributed by atoms with E-state index in [1.807, 2.05) is 0 Å². The maximum absolute atomic E-state index is 13.7. The van der Waals surface area contributed by atoms with Crippen LogP contribution in [0.5, 0.6) is 0 Å². The van der Waals surface area contributed by atoms with Crippen molar-refractivity contribution in [3.63, 3.8) is 0 Å². The molecule has 1 aliphatic heterocycles. The molecule has 0 radical (unpaired) electrons.